The average molecular weight is 460 g/mol. The van der Waals surface area contributed by atoms with Gasteiger partial charge >= 0.3 is 5.97 Å². The van der Waals surface area contributed by atoms with Gasteiger partial charge in [-0.05, 0) is 60.7 Å². The zero-order valence-corrected chi connectivity index (χ0v) is 18.0. The molecule has 2 aromatic carbocycles. The number of aromatic carboxylic acids is 1. The van der Waals surface area contributed by atoms with Crippen molar-refractivity contribution in [2.45, 2.75) is 12.1 Å². The lowest BCUT2D eigenvalue weighted by atomic mass is 10.0. The van der Waals surface area contributed by atoms with Crippen LogP contribution in [0.2, 0.25) is 0 Å². The van der Waals surface area contributed by atoms with Crippen LogP contribution in [0.15, 0.2) is 89.5 Å². The van der Waals surface area contributed by atoms with E-state index in [1.807, 2.05) is 30.3 Å². The number of halogens is 1. The SMILES string of the molecule is O=C(O)c1ccc(-c2ccc([C@H]3[C@H](c4ccccn4)NC(=S)N3c3ccccc3F)o2)cc1. The zero-order valence-electron chi connectivity index (χ0n) is 17.2. The molecule has 164 valence electrons. The summed E-state index contributed by atoms with van der Waals surface area (Å²) in [5, 5.41) is 12.8. The number of pyridine rings is 1. The van der Waals surface area contributed by atoms with Crippen molar-refractivity contribution in [1.29, 1.82) is 0 Å². The molecule has 2 N–H and O–H groups in total. The third-order valence-electron chi connectivity index (χ3n) is 5.54. The van der Waals surface area contributed by atoms with Crippen molar-refractivity contribution in [3.05, 3.63) is 108 Å². The average Bonchev–Trinajstić information content (AvgIpc) is 3.45. The van der Waals surface area contributed by atoms with E-state index in [1.54, 1.807) is 41.4 Å². The largest absolute Gasteiger partial charge is 0.478 e. The lowest BCUT2D eigenvalue weighted by Gasteiger charge is -2.26. The third kappa shape index (κ3) is 3.85. The van der Waals surface area contributed by atoms with Crippen LogP contribution < -0.4 is 10.2 Å². The van der Waals surface area contributed by atoms with Gasteiger partial charge in [-0.1, -0.05) is 30.3 Å². The van der Waals surface area contributed by atoms with Crippen LogP contribution in [0.3, 0.4) is 0 Å². The van der Waals surface area contributed by atoms with Crippen LogP contribution in [-0.2, 0) is 0 Å². The number of para-hydroxylation sites is 1. The standard InChI is InChI=1S/C25H18FN3O3S/c26-17-5-1-2-7-19(17)29-23(22(28-25(29)33)18-6-3-4-14-27-18)21-13-12-20(32-21)15-8-10-16(11-9-15)24(30)31/h1-14,22-23H,(H,28,33)(H,30,31)/t22-,23-/m0/s1. The van der Waals surface area contributed by atoms with Crippen molar-refractivity contribution in [3.8, 4) is 11.3 Å². The first kappa shape index (κ1) is 20.8. The third-order valence-corrected chi connectivity index (χ3v) is 5.86. The Labute approximate surface area is 194 Å². The summed E-state index contributed by atoms with van der Waals surface area (Å²) in [6.07, 6.45) is 1.69. The molecule has 1 aliphatic rings. The van der Waals surface area contributed by atoms with E-state index in [4.69, 9.17) is 21.7 Å². The highest BCUT2D eigenvalue weighted by atomic mass is 32.1. The summed E-state index contributed by atoms with van der Waals surface area (Å²) in [4.78, 5) is 17.3. The van der Waals surface area contributed by atoms with Gasteiger partial charge in [0.15, 0.2) is 5.11 Å². The van der Waals surface area contributed by atoms with Crippen LogP contribution >= 0.6 is 12.2 Å². The summed E-state index contributed by atoms with van der Waals surface area (Å²) in [5.74, 6) is -0.262. The van der Waals surface area contributed by atoms with Gasteiger partial charge in [0.1, 0.15) is 23.4 Å². The molecule has 2 atom stereocenters. The van der Waals surface area contributed by atoms with Crippen molar-refractivity contribution >= 4 is 29.0 Å². The summed E-state index contributed by atoms with van der Waals surface area (Å²) in [7, 11) is 0. The lowest BCUT2D eigenvalue weighted by Crippen LogP contribution is -2.30. The van der Waals surface area contributed by atoms with Gasteiger partial charge in [0.05, 0.1) is 23.0 Å². The molecule has 0 bridgehead atoms. The quantitative estimate of drug-likeness (QED) is 0.389. The van der Waals surface area contributed by atoms with Crippen LogP contribution in [0.5, 0.6) is 0 Å². The fourth-order valence-corrected chi connectivity index (χ4v) is 4.33. The molecule has 1 saturated heterocycles. The molecular weight excluding hydrogens is 441 g/mol. The number of hydrogen-bond acceptors (Lipinski definition) is 4. The Kier molecular flexibility index (Phi) is 5.35. The molecule has 0 unspecified atom stereocenters. The van der Waals surface area contributed by atoms with E-state index < -0.39 is 17.8 Å². The lowest BCUT2D eigenvalue weighted by molar-refractivity contribution is 0.0697. The van der Waals surface area contributed by atoms with E-state index in [2.05, 4.69) is 10.3 Å². The molecular formula is C25H18FN3O3S. The molecule has 1 aliphatic heterocycles. The molecule has 8 heteroatoms. The van der Waals surface area contributed by atoms with E-state index in [1.165, 1.54) is 18.2 Å². The Morgan fingerprint density at radius 3 is 2.48 bits per heavy atom. The highest BCUT2D eigenvalue weighted by Gasteiger charge is 2.43. The first-order valence-electron chi connectivity index (χ1n) is 10.2. The van der Waals surface area contributed by atoms with Crippen LogP contribution in [-0.4, -0.2) is 21.2 Å². The molecule has 0 amide bonds. The number of thiocarbonyl (C=S) groups is 1. The molecule has 4 aromatic rings. The first-order chi connectivity index (χ1) is 16.0. The fraction of sp³-hybridized carbons (Fsp3) is 0.0800. The molecule has 0 radical (unpaired) electrons. The van der Waals surface area contributed by atoms with E-state index in [0.717, 1.165) is 11.3 Å². The minimum atomic E-state index is -0.994. The number of furan rings is 1. The van der Waals surface area contributed by atoms with Crippen molar-refractivity contribution in [2.24, 2.45) is 0 Å². The Bertz CT molecular complexity index is 1320. The second-order valence-corrected chi connectivity index (χ2v) is 7.92. The van der Waals surface area contributed by atoms with Gasteiger partial charge in [0.25, 0.3) is 0 Å². The summed E-state index contributed by atoms with van der Waals surface area (Å²) < 4.78 is 21.0. The maximum absolute atomic E-state index is 14.8. The number of nitrogens with zero attached hydrogens (tertiary/aromatic N) is 2. The summed E-state index contributed by atoms with van der Waals surface area (Å²) in [6.45, 7) is 0. The number of carbonyl (C=O) groups is 1. The van der Waals surface area contributed by atoms with Crippen molar-refractivity contribution < 1.29 is 18.7 Å². The van der Waals surface area contributed by atoms with Crippen LogP contribution in [0, 0.1) is 5.82 Å². The van der Waals surface area contributed by atoms with Crippen LogP contribution in [0.25, 0.3) is 11.3 Å². The van der Waals surface area contributed by atoms with Crippen LogP contribution in [0.1, 0.15) is 33.9 Å². The predicted octanol–water partition coefficient (Wildman–Crippen LogP) is 5.36. The minimum Gasteiger partial charge on any atom is -0.478 e. The predicted molar refractivity (Wildman–Crippen MR) is 125 cm³/mol. The monoisotopic (exact) mass is 459 g/mol. The molecule has 0 aliphatic carbocycles. The zero-order chi connectivity index (χ0) is 22.9. The van der Waals surface area contributed by atoms with E-state index in [9.17, 15) is 9.18 Å². The molecule has 5 rings (SSSR count). The summed E-state index contributed by atoms with van der Waals surface area (Å²) in [6, 6.07) is 21.2. The van der Waals surface area contributed by atoms with E-state index in [0.29, 0.717) is 22.3 Å². The molecule has 0 spiro atoms. The Morgan fingerprint density at radius 2 is 1.79 bits per heavy atom. The van der Waals surface area contributed by atoms with Crippen molar-refractivity contribution in [2.75, 3.05) is 4.90 Å². The number of carboxylic acid groups (broad SMARTS) is 1. The highest BCUT2D eigenvalue weighted by Crippen LogP contribution is 2.43. The molecule has 0 saturated carbocycles. The molecule has 2 aromatic heterocycles. The second kappa shape index (κ2) is 8.48. The van der Waals surface area contributed by atoms with Gasteiger partial charge in [-0.2, -0.15) is 0 Å². The smallest absolute Gasteiger partial charge is 0.335 e. The Balaban J connectivity index is 1.58. The maximum atomic E-state index is 14.8. The number of nitrogens with one attached hydrogen (secondary N) is 1. The van der Waals surface area contributed by atoms with Crippen molar-refractivity contribution in [1.82, 2.24) is 10.3 Å². The fourth-order valence-electron chi connectivity index (χ4n) is 3.99. The molecule has 6 nitrogen and oxygen atoms in total. The number of carboxylic acids is 1. The topological polar surface area (TPSA) is 78.6 Å². The van der Waals surface area contributed by atoms with Gasteiger partial charge in [0, 0.05) is 11.8 Å². The number of anilines is 1. The highest BCUT2D eigenvalue weighted by molar-refractivity contribution is 7.80. The second-order valence-electron chi connectivity index (χ2n) is 7.53. The minimum absolute atomic E-state index is 0.191. The number of rotatable bonds is 5. The Hall–Kier alpha value is -4.04. The van der Waals surface area contributed by atoms with E-state index in [-0.39, 0.29) is 11.6 Å². The van der Waals surface area contributed by atoms with Gasteiger partial charge in [0.2, 0.25) is 0 Å². The van der Waals surface area contributed by atoms with Crippen LogP contribution in [0.4, 0.5) is 10.1 Å². The number of hydrogen-bond donors (Lipinski definition) is 2. The maximum Gasteiger partial charge on any atom is 0.335 e. The van der Waals surface area contributed by atoms with Crippen molar-refractivity contribution in [3.63, 3.8) is 0 Å². The van der Waals surface area contributed by atoms with Gasteiger partial charge in [-0.15, -0.1) is 0 Å². The molecule has 33 heavy (non-hydrogen) atoms. The Morgan fingerprint density at radius 1 is 1.03 bits per heavy atom. The van der Waals surface area contributed by atoms with Gasteiger partial charge in [-0.25, -0.2) is 9.18 Å². The normalized spacial score (nSPS) is 17.7. The van der Waals surface area contributed by atoms with Gasteiger partial charge in [-0.3, -0.25) is 4.98 Å². The summed E-state index contributed by atoms with van der Waals surface area (Å²) >= 11 is 5.60. The van der Waals surface area contributed by atoms with E-state index >= 15 is 0 Å². The van der Waals surface area contributed by atoms with Gasteiger partial charge < -0.3 is 19.7 Å². The number of benzene rings is 2. The first-order valence-corrected chi connectivity index (χ1v) is 10.6. The summed E-state index contributed by atoms with van der Waals surface area (Å²) in [5.41, 5.74) is 2.00. The number of aromatic nitrogens is 1. The molecule has 3 heterocycles. The molecule has 1 fully saturated rings.